The molecular weight excluding hydrogens is 282 g/mol. The van der Waals surface area contributed by atoms with Crippen molar-refractivity contribution in [2.75, 3.05) is 6.61 Å². The molecule has 2 aromatic carbocycles. The Hall–Kier alpha value is -2.40. The van der Waals surface area contributed by atoms with Crippen LogP contribution in [0.5, 0.6) is 5.75 Å². The van der Waals surface area contributed by atoms with E-state index in [-0.39, 0.29) is 0 Å². The third-order valence-corrected chi connectivity index (χ3v) is 3.38. The summed E-state index contributed by atoms with van der Waals surface area (Å²) in [6.45, 7) is 2.62. The summed E-state index contributed by atoms with van der Waals surface area (Å²) in [7, 11) is 0. The maximum atomic E-state index is 5.46. The molecule has 1 heterocycles. The maximum Gasteiger partial charge on any atom is 0.200 e. The largest absolute Gasteiger partial charge is 0.494 e. The lowest BCUT2D eigenvalue weighted by molar-refractivity contribution is 0.340. The van der Waals surface area contributed by atoms with Gasteiger partial charge in [-0.1, -0.05) is 30.3 Å². The second-order valence-electron chi connectivity index (χ2n) is 4.48. The van der Waals surface area contributed by atoms with E-state index in [2.05, 4.69) is 10.2 Å². The highest BCUT2D eigenvalue weighted by Gasteiger charge is 2.10. The van der Waals surface area contributed by atoms with E-state index in [4.69, 9.17) is 17.0 Å². The fourth-order valence-corrected chi connectivity index (χ4v) is 2.41. The zero-order chi connectivity index (χ0) is 14.7. The maximum absolute atomic E-state index is 5.46. The van der Waals surface area contributed by atoms with E-state index in [9.17, 15) is 0 Å². The van der Waals surface area contributed by atoms with E-state index in [1.54, 1.807) is 0 Å². The molecule has 106 valence electrons. The first-order valence-corrected chi connectivity index (χ1v) is 7.16. The van der Waals surface area contributed by atoms with Gasteiger partial charge in [0, 0.05) is 5.56 Å². The molecule has 0 aliphatic heterocycles. The van der Waals surface area contributed by atoms with E-state index >= 15 is 0 Å². The van der Waals surface area contributed by atoms with Gasteiger partial charge in [0.2, 0.25) is 0 Å². The second-order valence-corrected chi connectivity index (χ2v) is 4.87. The molecule has 0 bridgehead atoms. The Balaban J connectivity index is 2.06. The van der Waals surface area contributed by atoms with Gasteiger partial charge >= 0.3 is 0 Å². The van der Waals surface area contributed by atoms with Crippen molar-refractivity contribution in [1.29, 1.82) is 0 Å². The molecule has 0 spiro atoms. The van der Waals surface area contributed by atoms with Crippen LogP contribution in [0, 0.1) is 4.77 Å². The number of hydrogen-bond donors (Lipinski definition) is 1. The molecule has 5 heteroatoms. The van der Waals surface area contributed by atoms with Crippen LogP contribution >= 0.6 is 12.2 Å². The normalized spacial score (nSPS) is 10.5. The molecule has 0 saturated carbocycles. The fraction of sp³-hybridized carbons (Fsp3) is 0.125. The Morgan fingerprint density at radius 2 is 1.81 bits per heavy atom. The number of benzene rings is 2. The molecule has 0 aliphatic carbocycles. The SMILES string of the molecule is CCOc1ccc(-n2c(-c3ccccc3)n[nH]c2=S)cc1. The lowest BCUT2D eigenvalue weighted by Crippen LogP contribution is -1.98. The summed E-state index contributed by atoms with van der Waals surface area (Å²) in [5.41, 5.74) is 1.97. The Morgan fingerprint density at radius 3 is 2.48 bits per heavy atom. The third-order valence-electron chi connectivity index (χ3n) is 3.11. The van der Waals surface area contributed by atoms with E-state index in [0.717, 1.165) is 22.8 Å². The van der Waals surface area contributed by atoms with Crippen molar-refractivity contribution in [1.82, 2.24) is 14.8 Å². The molecule has 1 aromatic heterocycles. The molecule has 0 unspecified atom stereocenters. The van der Waals surface area contributed by atoms with Crippen molar-refractivity contribution in [3.8, 4) is 22.8 Å². The third kappa shape index (κ3) is 2.73. The summed E-state index contributed by atoms with van der Waals surface area (Å²) in [6, 6.07) is 17.8. The summed E-state index contributed by atoms with van der Waals surface area (Å²) in [4.78, 5) is 0. The number of ether oxygens (including phenoxy) is 1. The molecule has 0 fully saturated rings. The Bertz CT molecular complexity index is 775. The van der Waals surface area contributed by atoms with Crippen molar-refractivity contribution in [2.45, 2.75) is 6.92 Å². The predicted molar refractivity (Wildman–Crippen MR) is 85.4 cm³/mol. The number of aromatic amines is 1. The van der Waals surface area contributed by atoms with Gasteiger partial charge in [0.1, 0.15) is 5.75 Å². The Kier molecular flexibility index (Phi) is 3.83. The van der Waals surface area contributed by atoms with Crippen LogP contribution in [-0.4, -0.2) is 21.4 Å². The van der Waals surface area contributed by atoms with E-state index < -0.39 is 0 Å². The molecule has 0 radical (unpaired) electrons. The fourth-order valence-electron chi connectivity index (χ4n) is 2.18. The predicted octanol–water partition coefficient (Wildman–Crippen LogP) is 4.00. The minimum Gasteiger partial charge on any atom is -0.494 e. The molecule has 0 saturated heterocycles. The zero-order valence-electron chi connectivity index (χ0n) is 11.6. The molecule has 4 nitrogen and oxygen atoms in total. The van der Waals surface area contributed by atoms with Gasteiger partial charge in [-0.05, 0) is 43.4 Å². The number of aromatic nitrogens is 3. The van der Waals surface area contributed by atoms with E-state index in [0.29, 0.717) is 11.4 Å². The van der Waals surface area contributed by atoms with Crippen molar-refractivity contribution < 1.29 is 4.74 Å². The molecule has 0 aliphatic rings. The molecule has 3 aromatic rings. The monoisotopic (exact) mass is 297 g/mol. The Labute approximate surface area is 128 Å². The van der Waals surface area contributed by atoms with Crippen LogP contribution in [0.1, 0.15) is 6.92 Å². The summed E-state index contributed by atoms with van der Waals surface area (Å²) in [5.74, 6) is 1.64. The molecule has 0 amide bonds. The van der Waals surface area contributed by atoms with Gasteiger partial charge in [0.15, 0.2) is 10.6 Å². The van der Waals surface area contributed by atoms with Crippen LogP contribution < -0.4 is 4.74 Å². The van der Waals surface area contributed by atoms with Crippen LogP contribution in [0.15, 0.2) is 54.6 Å². The molecule has 3 rings (SSSR count). The molecule has 0 atom stereocenters. The first-order valence-electron chi connectivity index (χ1n) is 6.75. The lowest BCUT2D eigenvalue weighted by Gasteiger charge is -2.08. The zero-order valence-corrected chi connectivity index (χ0v) is 12.4. The van der Waals surface area contributed by atoms with Gasteiger partial charge in [0.25, 0.3) is 0 Å². The number of hydrogen-bond acceptors (Lipinski definition) is 3. The molecule has 21 heavy (non-hydrogen) atoms. The number of nitrogens with one attached hydrogen (secondary N) is 1. The second kappa shape index (κ2) is 5.93. The minimum absolute atomic E-state index is 0.568. The lowest BCUT2D eigenvalue weighted by atomic mass is 10.2. The standard InChI is InChI=1S/C16H15N3OS/c1-2-20-14-10-8-13(9-11-14)19-15(17-18-16(19)21)12-6-4-3-5-7-12/h3-11H,2H2,1H3,(H,18,21). The minimum atomic E-state index is 0.568. The van der Waals surface area contributed by atoms with Crippen LogP contribution in [0.25, 0.3) is 17.1 Å². The topological polar surface area (TPSA) is 42.8 Å². The van der Waals surface area contributed by atoms with Crippen molar-refractivity contribution in [3.05, 3.63) is 59.4 Å². The van der Waals surface area contributed by atoms with Gasteiger partial charge in [-0.25, -0.2) is 0 Å². The Morgan fingerprint density at radius 1 is 1.10 bits per heavy atom. The summed E-state index contributed by atoms with van der Waals surface area (Å²) in [5, 5.41) is 7.19. The quantitative estimate of drug-likeness (QED) is 0.740. The number of rotatable bonds is 4. The highest BCUT2D eigenvalue weighted by atomic mass is 32.1. The highest BCUT2D eigenvalue weighted by molar-refractivity contribution is 7.71. The number of H-pyrrole nitrogens is 1. The van der Waals surface area contributed by atoms with Gasteiger partial charge in [-0.2, -0.15) is 5.10 Å². The summed E-state index contributed by atoms with van der Waals surface area (Å²) >= 11 is 5.35. The average Bonchev–Trinajstić information content (AvgIpc) is 2.91. The molecular formula is C16H15N3OS. The average molecular weight is 297 g/mol. The highest BCUT2D eigenvalue weighted by Crippen LogP contribution is 2.22. The summed E-state index contributed by atoms with van der Waals surface area (Å²) < 4.78 is 7.95. The first-order chi connectivity index (χ1) is 10.3. The number of nitrogens with zero attached hydrogens (tertiary/aromatic N) is 2. The van der Waals surface area contributed by atoms with Crippen LogP contribution in [0.2, 0.25) is 0 Å². The van der Waals surface area contributed by atoms with E-state index in [1.807, 2.05) is 66.1 Å². The van der Waals surface area contributed by atoms with Gasteiger partial charge in [-0.15, -0.1) is 0 Å². The van der Waals surface area contributed by atoms with Crippen molar-refractivity contribution in [3.63, 3.8) is 0 Å². The van der Waals surface area contributed by atoms with Gasteiger partial charge < -0.3 is 4.74 Å². The van der Waals surface area contributed by atoms with Crippen molar-refractivity contribution in [2.24, 2.45) is 0 Å². The van der Waals surface area contributed by atoms with Crippen LogP contribution in [-0.2, 0) is 0 Å². The molecule has 1 N–H and O–H groups in total. The summed E-state index contributed by atoms with van der Waals surface area (Å²) in [6.07, 6.45) is 0. The van der Waals surface area contributed by atoms with E-state index in [1.165, 1.54) is 0 Å². The smallest absolute Gasteiger partial charge is 0.200 e. The van der Waals surface area contributed by atoms with Crippen LogP contribution in [0.4, 0.5) is 0 Å². The van der Waals surface area contributed by atoms with Crippen LogP contribution in [0.3, 0.4) is 0 Å². The van der Waals surface area contributed by atoms with Gasteiger partial charge in [-0.3, -0.25) is 9.67 Å². The van der Waals surface area contributed by atoms with Gasteiger partial charge in [0.05, 0.1) is 12.3 Å². The van der Waals surface area contributed by atoms with Crippen molar-refractivity contribution >= 4 is 12.2 Å². The first kappa shape index (κ1) is 13.6.